The van der Waals surface area contributed by atoms with Gasteiger partial charge in [-0.05, 0) is 13.5 Å². The lowest BCUT2D eigenvalue weighted by molar-refractivity contribution is 0.122. The Labute approximate surface area is 96.2 Å². The molecule has 1 aromatic rings. The lowest BCUT2D eigenvalue weighted by Crippen LogP contribution is -2.26. The maximum absolute atomic E-state index is 5.41. The smallest absolute Gasteiger partial charge is 0.216 e. The Morgan fingerprint density at radius 1 is 1.38 bits per heavy atom. The zero-order chi connectivity index (χ0) is 11.8. The van der Waals surface area contributed by atoms with E-state index in [2.05, 4.69) is 22.2 Å². The molecule has 0 aliphatic heterocycles. The molecule has 0 aromatic carbocycles. The fraction of sp³-hybridized carbons (Fsp3) is 0.636. The first kappa shape index (κ1) is 12.9. The first-order valence-electron chi connectivity index (χ1n) is 5.48. The van der Waals surface area contributed by atoms with Crippen LogP contribution in [-0.2, 0) is 4.74 Å². The molecule has 0 spiro atoms. The summed E-state index contributed by atoms with van der Waals surface area (Å²) in [4.78, 5) is 8.20. The predicted octanol–water partition coefficient (Wildman–Crippen LogP) is 1.17. The summed E-state index contributed by atoms with van der Waals surface area (Å²) in [6.07, 6.45) is 1.50. The van der Waals surface area contributed by atoms with Gasteiger partial charge in [-0.2, -0.15) is 0 Å². The summed E-state index contributed by atoms with van der Waals surface area (Å²) in [5.41, 5.74) is 0.891. The van der Waals surface area contributed by atoms with Crippen LogP contribution >= 0.6 is 0 Å². The molecule has 5 heteroatoms. The zero-order valence-electron chi connectivity index (χ0n) is 10.1. The van der Waals surface area contributed by atoms with E-state index < -0.39 is 0 Å². The van der Waals surface area contributed by atoms with Crippen LogP contribution in [0, 0.1) is 0 Å². The third kappa shape index (κ3) is 3.75. The minimum atomic E-state index is 0.0850. The molecule has 0 amide bonds. The van der Waals surface area contributed by atoms with Crippen LogP contribution in [0.25, 0.3) is 0 Å². The van der Waals surface area contributed by atoms with Crippen molar-refractivity contribution in [1.29, 1.82) is 0 Å². The molecule has 1 rings (SSSR count). The number of aromatic nitrogens is 2. The summed E-state index contributed by atoms with van der Waals surface area (Å²) < 4.78 is 10.5. The quantitative estimate of drug-likeness (QED) is 0.755. The van der Waals surface area contributed by atoms with Crippen LogP contribution in [0.15, 0.2) is 12.4 Å². The SMILES string of the molecule is CCNC(COCC)c1cc(OC)ncn1. The lowest BCUT2D eigenvalue weighted by atomic mass is 10.2. The van der Waals surface area contributed by atoms with Crippen molar-refractivity contribution in [2.75, 3.05) is 26.9 Å². The van der Waals surface area contributed by atoms with Gasteiger partial charge in [0, 0.05) is 12.7 Å². The van der Waals surface area contributed by atoms with E-state index in [0.717, 1.165) is 12.2 Å². The number of likely N-dealkylation sites (N-methyl/N-ethyl adjacent to an activating group) is 1. The summed E-state index contributed by atoms with van der Waals surface area (Å²) in [6.45, 7) is 6.19. The molecule has 1 unspecified atom stereocenters. The molecule has 0 aliphatic carbocycles. The average Bonchev–Trinajstić information content (AvgIpc) is 2.34. The maximum Gasteiger partial charge on any atom is 0.216 e. The van der Waals surface area contributed by atoms with Crippen molar-refractivity contribution < 1.29 is 9.47 Å². The van der Waals surface area contributed by atoms with E-state index in [4.69, 9.17) is 9.47 Å². The van der Waals surface area contributed by atoms with Crippen molar-refractivity contribution in [3.8, 4) is 5.88 Å². The molecule has 0 saturated carbocycles. The fourth-order valence-corrected chi connectivity index (χ4v) is 1.39. The molecule has 0 saturated heterocycles. The van der Waals surface area contributed by atoms with Gasteiger partial charge in [0.15, 0.2) is 0 Å². The van der Waals surface area contributed by atoms with E-state index in [0.29, 0.717) is 19.1 Å². The highest BCUT2D eigenvalue weighted by molar-refractivity contribution is 5.16. The van der Waals surface area contributed by atoms with Gasteiger partial charge in [0.1, 0.15) is 6.33 Å². The number of nitrogens with one attached hydrogen (secondary N) is 1. The van der Waals surface area contributed by atoms with E-state index in [9.17, 15) is 0 Å². The molecule has 1 N–H and O–H groups in total. The van der Waals surface area contributed by atoms with Crippen molar-refractivity contribution in [2.45, 2.75) is 19.9 Å². The van der Waals surface area contributed by atoms with E-state index in [1.165, 1.54) is 6.33 Å². The summed E-state index contributed by atoms with van der Waals surface area (Å²) in [6, 6.07) is 1.91. The molecule has 0 aliphatic rings. The molecule has 90 valence electrons. The summed E-state index contributed by atoms with van der Waals surface area (Å²) >= 11 is 0. The molecule has 0 radical (unpaired) electrons. The summed E-state index contributed by atoms with van der Waals surface area (Å²) in [5, 5.41) is 3.31. The Morgan fingerprint density at radius 3 is 2.81 bits per heavy atom. The summed E-state index contributed by atoms with van der Waals surface area (Å²) in [7, 11) is 1.59. The number of hydrogen-bond acceptors (Lipinski definition) is 5. The maximum atomic E-state index is 5.41. The second kappa shape index (κ2) is 7.14. The van der Waals surface area contributed by atoms with Crippen molar-refractivity contribution in [2.24, 2.45) is 0 Å². The third-order valence-electron chi connectivity index (χ3n) is 2.17. The Bertz CT molecular complexity index is 307. The van der Waals surface area contributed by atoms with E-state index in [-0.39, 0.29) is 6.04 Å². The van der Waals surface area contributed by atoms with Crippen molar-refractivity contribution in [3.63, 3.8) is 0 Å². The molecular weight excluding hydrogens is 206 g/mol. The largest absolute Gasteiger partial charge is 0.481 e. The Hall–Kier alpha value is -1.20. The number of methoxy groups -OCH3 is 1. The molecule has 16 heavy (non-hydrogen) atoms. The normalized spacial score (nSPS) is 12.4. The van der Waals surface area contributed by atoms with Gasteiger partial charge in [-0.1, -0.05) is 6.92 Å². The van der Waals surface area contributed by atoms with Crippen LogP contribution in [0.1, 0.15) is 25.6 Å². The van der Waals surface area contributed by atoms with Gasteiger partial charge in [0.2, 0.25) is 5.88 Å². The fourth-order valence-electron chi connectivity index (χ4n) is 1.39. The van der Waals surface area contributed by atoms with Crippen LogP contribution < -0.4 is 10.1 Å². The second-order valence-corrected chi connectivity index (χ2v) is 3.25. The second-order valence-electron chi connectivity index (χ2n) is 3.25. The van der Waals surface area contributed by atoms with Gasteiger partial charge < -0.3 is 14.8 Å². The summed E-state index contributed by atoms with van der Waals surface area (Å²) in [5.74, 6) is 0.574. The molecule has 0 bridgehead atoms. The lowest BCUT2D eigenvalue weighted by Gasteiger charge is -2.17. The highest BCUT2D eigenvalue weighted by Gasteiger charge is 2.12. The van der Waals surface area contributed by atoms with Gasteiger partial charge in [0.05, 0.1) is 25.5 Å². The first-order chi connectivity index (χ1) is 7.81. The molecule has 0 fully saturated rings. The molecular formula is C11H19N3O2. The highest BCUT2D eigenvalue weighted by atomic mass is 16.5. The topological polar surface area (TPSA) is 56.3 Å². The first-order valence-corrected chi connectivity index (χ1v) is 5.48. The number of ether oxygens (including phenoxy) is 2. The van der Waals surface area contributed by atoms with Crippen LogP contribution in [0.5, 0.6) is 5.88 Å². The monoisotopic (exact) mass is 225 g/mol. The van der Waals surface area contributed by atoms with E-state index in [1.807, 2.05) is 13.0 Å². The van der Waals surface area contributed by atoms with E-state index in [1.54, 1.807) is 7.11 Å². The van der Waals surface area contributed by atoms with Gasteiger partial charge in [-0.15, -0.1) is 0 Å². The number of nitrogens with zero attached hydrogens (tertiary/aromatic N) is 2. The third-order valence-corrected chi connectivity index (χ3v) is 2.17. The van der Waals surface area contributed by atoms with Crippen LogP contribution in [-0.4, -0.2) is 36.8 Å². The van der Waals surface area contributed by atoms with Crippen molar-refractivity contribution >= 4 is 0 Å². The minimum Gasteiger partial charge on any atom is -0.481 e. The standard InChI is InChI=1S/C11H19N3O2/c1-4-12-10(7-16-5-2)9-6-11(15-3)14-8-13-9/h6,8,10,12H,4-5,7H2,1-3H3. The van der Waals surface area contributed by atoms with Crippen LogP contribution in [0.3, 0.4) is 0 Å². The van der Waals surface area contributed by atoms with E-state index >= 15 is 0 Å². The Morgan fingerprint density at radius 2 is 2.19 bits per heavy atom. The van der Waals surface area contributed by atoms with Crippen LogP contribution in [0.2, 0.25) is 0 Å². The predicted molar refractivity (Wildman–Crippen MR) is 61.5 cm³/mol. The average molecular weight is 225 g/mol. The number of rotatable bonds is 7. The van der Waals surface area contributed by atoms with Gasteiger partial charge in [0.25, 0.3) is 0 Å². The highest BCUT2D eigenvalue weighted by Crippen LogP contribution is 2.14. The van der Waals surface area contributed by atoms with Crippen molar-refractivity contribution in [1.82, 2.24) is 15.3 Å². The molecule has 5 nitrogen and oxygen atoms in total. The molecule has 1 aromatic heterocycles. The number of hydrogen-bond donors (Lipinski definition) is 1. The van der Waals surface area contributed by atoms with Crippen molar-refractivity contribution in [3.05, 3.63) is 18.1 Å². The Balaban J connectivity index is 2.73. The van der Waals surface area contributed by atoms with Crippen LogP contribution in [0.4, 0.5) is 0 Å². The van der Waals surface area contributed by atoms with Gasteiger partial charge in [-0.3, -0.25) is 0 Å². The molecule has 1 atom stereocenters. The molecule has 1 heterocycles. The van der Waals surface area contributed by atoms with Gasteiger partial charge in [-0.25, -0.2) is 9.97 Å². The van der Waals surface area contributed by atoms with Gasteiger partial charge >= 0.3 is 0 Å². The minimum absolute atomic E-state index is 0.0850. The zero-order valence-corrected chi connectivity index (χ0v) is 10.1. The Kier molecular flexibility index (Phi) is 5.74.